The average Bonchev–Trinajstić information content (AvgIpc) is 2.27. The van der Waals surface area contributed by atoms with Crippen LogP contribution in [0.25, 0.3) is 0 Å². The average molecular weight is 260 g/mol. The SMILES string of the molecule is COc1ccc(C(O)C(C)N)cc1NS(=O)O. The minimum atomic E-state index is -2.20. The van der Waals surface area contributed by atoms with Gasteiger partial charge in [-0.05, 0) is 24.6 Å². The Morgan fingerprint density at radius 2 is 2.18 bits per heavy atom. The minimum absolute atomic E-state index is 0.325. The van der Waals surface area contributed by atoms with Crippen LogP contribution in [0.3, 0.4) is 0 Å². The maximum atomic E-state index is 10.7. The third-order valence-electron chi connectivity index (χ3n) is 2.26. The van der Waals surface area contributed by atoms with Crippen LogP contribution in [-0.2, 0) is 11.3 Å². The number of anilines is 1. The van der Waals surface area contributed by atoms with Gasteiger partial charge in [0.05, 0.1) is 18.9 Å². The second kappa shape index (κ2) is 5.97. The quantitative estimate of drug-likeness (QED) is 0.581. The highest BCUT2D eigenvalue weighted by molar-refractivity contribution is 7.80. The van der Waals surface area contributed by atoms with Crippen LogP contribution in [-0.4, -0.2) is 27.0 Å². The Morgan fingerprint density at radius 3 is 2.65 bits per heavy atom. The summed E-state index contributed by atoms with van der Waals surface area (Å²) in [6, 6.07) is 4.34. The first-order chi connectivity index (χ1) is 7.95. The van der Waals surface area contributed by atoms with E-state index in [1.54, 1.807) is 19.1 Å². The van der Waals surface area contributed by atoms with Crippen molar-refractivity contribution < 1.29 is 18.6 Å². The maximum absolute atomic E-state index is 10.7. The Bertz CT molecular complexity index is 411. The lowest BCUT2D eigenvalue weighted by atomic mass is 10.0. The smallest absolute Gasteiger partial charge is 0.259 e. The van der Waals surface area contributed by atoms with Gasteiger partial charge in [-0.25, -0.2) is 4.21 Å². The van der Waals surface area contributed by atoms with Gasteiger partial charge in [-0.2, -0.15) is 0 Å². The summed E-state index contributed by atoms with van der Waals surface area (Å²) < 4.78 is 26.8. The zero-order valence-electron chi connectivity index (χ0n) is 9.58. The van der Waals surface area contributed by atoms with Crippen molar-refractivity contribution in [3.63, 3.8) is 0 Å². The largest absolute Gasteiger partial charge is 0.495 e. The molecule has 17 heavy (non-hydrogen) atoms. The predicted molar refractivity (Wildman–Crippen MR) is 66.0 cm³/mol. The Labute approximate surface area is 102 Å². The van der Waals surface area contributed by atoms with Crippen molar-refractivity contribution in [2.45, 2.75) is 19.1 Å². The van der Waals surface area contributed by atoms with Crippen LogP contribution in [0.15, 0.2) is 18.2 Å². The Balaban J connectivity index is 3.08. The summed E-state index contributed by atoms with van der Waals surface area (Å²) in [7, 11) is 1.45. The highest BCUT2D eigenvalue weighted by Gasteiger charge is 2.15. The molecule has 0 saturated carbocycles. The van der Waals surface area contributed by atoms with Crippen LogP contribution >= 0.6 is 0 Å². The van der Waals surface area contributed by atoms with E-state index in [1.165, 1.54) is 13.2 Å². The van der Waals surface area contributed by atoms with Gasteiger partial charge in [-0.1, -0.05) is 6.07 Å². The molecule has 1 aromatic rings. The molecule has 5 N–H and O–H groups in total. The number of benzene rings is 1. The van der Waals surface area contributed by atoms with Gasteiger partial charge in [0.25, 0.3) is 11.3 Å². The second-order valence-corrected chi connectivity index (χ2v) is 4.32. The molecule has 0 bridgehead atoms. The summed E-state index contributed by atoms with van der Waals surface area (Å²) in [6.45, 7) is 1.67. The number of ether oxygens (including phenoxy) is 1. The van der Waals surface area contributed by atoms with Crippen molar-refractivity contribution in [3.05, 3.63) is 23.8 Å². The molecule has 0 heterocycles. The number of nitrogens with two attached hydrogens (primary N) is 1. The molecule has 6 nitrogen and oxygen atoms in total. The van der Waals surface area contributed by atoms with Gasteiger partial charge in [0.2, 0.25) is 0 Å². The third kappa shape index (κ3) is 3.67. The van der Waals surface area contributed by atoms with Gasteiger partial charge in [-0.3, -0.25) is 9.27 Å². The molecular formula is C10H16N2O4S. The molecular weight excluding hydrogens is 244 g/mol. The highest BCUT2D eigenvalue weighted by atomic mass is 32.2. The van der Waals surface area contributed by atoms with Crippen LogP contribution in [0.4, 0.5) is 5.69 Å². The van der Waals surface area contributed by atoms with Gasteiger partial charge in [0, 0.05) is 6.04 Å². The van der Waals surface area contributed by atoms with Crippen LogP contribution < -0.4 is 15.2 Å². The molecule has 0 amide bonds. The van der Waals surface area contributed by atoms with E-state index < -0.39 is 23.4 Å². The van der Waals surface area contributed by atoms with E-state index in [-0.39, 0.29) is 0 Å². The Morgan fingerprint density at radius 1 is 1.53 bits per heavy atom. The van der Waals surface area contributed by atoms with Crippen LogP contribution in [0.5, 0.6) is 5.75 Å². The first kappa shape index (κ1) is 13.9. The Kier molecular flexibility index (Phi) is 4.88. The summed E-state index contributed by atoms with van der Waals surface area (Å²) >= 11 is -2.20. The highest BCUT2D eigenvalue weighted by Crippen LogP contribution is 2.29. The van der Waals surface area contributed by atoms with Crippen molar-refractivity contribution >= 4 is 17.0 Å². The number of rotatable bonds is 5. The molecule has 0 spiro atoms. The van der Waals surface area contributed by atoms with Gasteiger partial charge in [0.1, 0.15) is 5.75 Å². The second-order valence-electron chi connectivity index (χ2n) is 3.61. The fourth-order valence-electron chi connectivity index (χ4n) is 1.39. The molecule has 7 heteroatoms. The molecule has 3 unspecified atom stereocenters. The van der Waals surface area contributed by atoms with Crippen molar-refractivity contribution in [1.29, 1.82) is 0 Å². The molecule has 1 rings (SSSR count). The van der Waals surface area contributed by atoms with E-state index >= 15 is 0 Å². The summed E-state index contributed by atoms with van der Waals surface area (Å²) in [5, 5.41) is 9.79. The molecule has 0 aliphatic rings. The standard InChI is InChI=1S/C10H16N2O4S/c1-6(11)10(13)7-3-4-9(16-2)8(5-7)12-17(14)15/h3-6,10,12-13H,11H2,1-2H3,(H,14,15). The molecule has 0 aliphatic carbocycles. The van der Waals surface area contributed by atoms with E-state index in [0.29, 0.717) is 17.0 Å². The number of aliphatic hydroxyl groups is 1. The number of hydrogen-bond acceptors (Lipinski definition) is 4. The normalized spacial score (nSPS) is 16.1. The topological polar surface area (TPSA) is 105 Å². The molecule has 0 saturated heterocycles. The van der Waals surface area contributed by atoms with E-state index in [9.17, 15) is 9.32 Å². The fraction of sp³-hybridized carbons (Fsp3) is 0.400. The van der Waals surface area contributed by atoms with Crippen LogP contribution in [0.2, 0.25) is 0 Å². The Hall–Kier alpha value is -1.15. The zero-order chi connectivity index (χ0) is 13.0. The van der Waals surface area contributed by atoms with Gasteiger partial charge >= 0.3 is 0 Å². The van der Waals surface area contributed by atoms with Gasteiger partial charge in [0.15, 0.2) is 0 Å². The summed E-state index contributed by atoms with van der Waals surface area (Å²) in [5.74, 6) is 0.410. The van der Waals surface area contributed by atoms with Crippen molar-refractivity contribution in [2.24, 2.45) is 5.73 Å². The van der Waals surface area contributed by atoms with E-state index in [1.807, 2.05) is 0 Å². The van der Waals surface area contributed by atoms with Crippen molar-refractivity contribution in [1.82, 2.24) is 0 Å². The molecule has 0 aromatic heterocycles. The van der Waals surface area contributed by atoms with Crippen LogP contribution in [0.1, 0.15) is 18.6 Å². The first-order valence-corrected chi connectivity index (χ1v) is 6.05. The van der Waals surface area contributed by atoms with E-state index in [0.717, 1.165) is 0 Å². The lowest BCUT2D eigenvalue weighted by Crippen LogP contribution is -2.24. The fourth-order valence-corrected chi connectivity index (χ4v) is 1.73. The monoisotopic (exact) mass is 260 g/mol. The van der Waals surface area contributed by atoms with E-state index in [4.69, 9.17) is 15.0 Å². The number of aliphatic hydroxyl groups excluding tert-OH is 1. The molecule has 1 aromatic carbocycles. The molecule has 0 aliphatic heterocycles. The minimum Gasteiger partial charge on any atom is -0.495 e. The van der Waals surface area contributed by atoms with E-state index in [2.05, 4.69) is 4.72 Å². The zero-order valence-corrected chi connectivity index (χ0v) is 10.4. The lowest BCUT2D eigenvalue weighted by molar-refractivity contribution is 0.153. The molecule has 0 fully saturated rings. The summed E-state index contributed by atoms with van der Waals surface area (Å²) in [4.78, 5) is 0. The van der Waals surface area contributed by atoms with Gasteiger partial charge in [-0.15, -0.1) is 0 Å². The molecule has 3 atom stereocenters. The summed E-state index contributed by atoms with van der Waals surface area (Å²) in [6.07, 6.45) is -0.839. The van der Waals surface area contributed by atoms with Crippen molar-refractivity contribution in [2.75, 3.05) is 11.8 Å². The summed E-state index contributed by atoms with van der Waals surface area (Å²) in [5.41, 5.74) is 6.45. The number of nitrogens with one attached hydrogen (secondary N) is 1. The number of hydrogen-bond donors (Lipinski definition) is 4. The predicted octanol–water partition coefficient (Wildman–Crippen LogP) is 0.624. The molecule has 96 valence electrons. The maximum Gasteiger partial charge on any atom is 0.259 e. The van der Waals surface area contributed by atoms with Crippen LogP contribution in [0, 0.1) is 0 Å². The first-order valence-electron chi connectivity index (χ1n) is 4.94. The van der Waals surface area contributed by atoms with Gasteiger partial charge < -0.3 is 15.6 Å². The molecule has 0 radical (unpaired) electrons. The van der Waals surface area contributed by atoms with Crippen molar-refractivity contribution in [3.8, 4) is 5.75 Å². The third-order valence-corrected chi connectivity index (χ3v) is 2.65. The number of methoxy groups -OCH3 is 1. The lowest BCUT2D eigenvalue weighted by Gasteiger charge is -2.17.